The molecule has 0 aliphatic carbocycles. The molecule has 3 rings (SSSR count). The fourth-order valence-electron chi connectivity index (χ4n) is 2.77. The third-order valence-electron chi connectivity index (χ3n) is 4.15. The van der Waals surface area contributed by atoms with Crippen molar-refractivity contribution in [3.8, 4) is 5.75 Å². The summed E-state index contributed by atoms with van der Waals surface area (Å²) < 4.78 is 5.71. The van der Waals surface area contributed by atoms with Crippen LogP contribution in [-0.2, 0) is 11.2 Å². The summed E-state index contributed by atoms with van der Waals surface area (Å²) in [5.41, 5.74) is 1.09. The van der Waals surface area contributed by atoms with Crippen LogP contribution in [0.15, 0.2) is 24.3 Å². The zero-order valence-corrected chi connectivity index (χ0v) is 11.1. The number of para-hydroxylation sites is 1. The second kappa shape index (κ2) is 4.85. The number of aliphatic hydroxyl groups excluding tert-OH is 1. The first-order valence-corrected chi connectivity index (χ1v) is 6.86. The highest BCUT2D eigenvalue weighted by atomic mass is 16.5. The Morgan fingerprint density at radius 2 is 2.21 bits per heavy atom. The summed E-state index contributed by atoms with van der Waals surface area (Å²) in [5.74, 6) is 1.08. The summed E-state index contributed by atoms with van der Waals surface area (Å²) in [5, 5.41) is 9.88. The molecular formula is C15H19NO3. The molecule has 19 heavy (non-hydrogen) atoms. The predicted molar refractivity (Wildman–Crippen MR) is 70.9 cm³/mol. The molecule has 3 unspecified atom stereocenters. The number of β-amino-alcohol motifs (C(OH)–C–C–N with tert-alkyl or cyclic N) is 1. The second-order valence-electron chi connectivity index (χ2n) is 5.54. The van der Waals surface area contributed by atoms with E-state index in [1.165, 1.54) is 0 Å². The lowest BCUT2D eigenvalue weighted by atomic mass is 9.95. The Labute approximate surface area is 113 Å². The minimum Gasteiger partial charge on any atom is -0.480 e. The number of fused-ring (bicyclic) bond motifs is 1. The molecule has 1 amide bonds. The number of ether oxygens (including phenoxy) is 1. The smallest absolute Gasteiger partial charge is 0.264 e. The second-order valence-corrected chi connectivity index (χ2v) is 5.54. The number of aliphatic hydroxyl groups is 1. The van der Waals surface area contributed by atoms with Gasteiger partial charge in [-0.1, -0.05) is 25.1 Å². The summed E-state index contributed by atoms with van der Waals surface area (Å²) in [6.07, 6.45) is 0.656. The quantitative estimate of drug-likeness (QED) is 0.827. The van der Waals surface area contributed by atoms with Gasteiger partial charge >= 0.3 is 0 Å². The summed E-state index contributed by atoms with van der Waals surface area (Å²) >= 11 is 0. The van der Waals surface area contributed by atoms with Crippen molar-refractivity contribution in [2.45, 2.75) is 32.0 Å². The minimum absolute atomic E-state index is 0.00199. The number of carbonyl (C=O) groups is 1. The van der Waals surface area contributed by atoms with E-state index in [4.69, 9.17) is 4.74 Å². The highest BCUT2D eigenvalue weighted by molar-refractivity contribution is 5.82. The van der Waals surface area contributed by atoms with Crippen molar-refractivity contribution < 1.29 is 14.6 Å². The van der Waals surface area contributed by atoms with Gasteiger partial charge in [-0.15, -0.1) is 0 Å². The van der Waals surface area contributed by atoms with Gasteiger partial charge in [0.2, 0.25) is 0 Å². The predicted octanol–water partition coefficient (Wildman–Crippen LogP) is 1.22. The van der Waals surface area contributed by atoms with Crippen LogP contribution in [0.4, 0.5) is 0 Å². The maximum absolute atomic E-state index is 12.4. The van der Waals surface area contributed by atoms with E-state index in [9.17, 15) is 9.90 Å². The van der Waals surface area contributed by atoms with Gasteiger partial charge in [0.25, 0.3) is 5.91 Å². The minimum atomic E-state index is -0.419. The van der Waals surface area contributed by atoms with Gasteiger partial charge in [-0.3, -0.25) is 4.79 Å². The summed E-state index contributed by atoms with van der Waals surface area (Å²) in [7, 11) is 0. The van der Waals surface area contributed by atoms with E-state index in [0.29, 0.717) is 19.5 Å². The van der Waals surface area contributed by atoms with Gasteiger partial charge in [0.05, 0.1) is 6.10 Å². The molecule has 2 aliphatic heterocycles. The lowest BCUT2D eigenvalue weighted by molar-refractivity contribution is -0.142. The largest absolute Gasteiger partial charge is 0.480 e. The van der Waals surface area contributed by atoms with Crippen LogP contribution in [0, 0.1) is 5.92 Å². The Balaban J connectivity index is 1.67. The number of nitrogens with zero attached hydrogens (tertiary/aromatic N) is 1. The number of hydrogen-bond acceptors (Lipinski definition) is 3. The SMILES string of the molecule is CC1CCN(C(=O)C2Cc3ccccc3O2)CC1O. The molecule has 0 saturated carbocycles. The van der Waals surface area contributed by atoms with Gasteiger partial charge in [-0.2, -0.15) is 0 Å². The third-order valence-corrected chi connectivity index (χ3v) is 4.15. The van der Waals surface area contributed by atoms with Crippen LogP contribution in [0.5, 0.6) is 5.75 Å². The summed E-state index contributed by atoms with van der Waals surface area (Å²) in [4.78, 5) is 14.1. The topological polar surface area (TPSA) is 49.8 Å². The van der Waals surface area contributed by atoms with Crippen LogP contribution < -0.4 is 4.74 Å². The van der Waals surface area contributed by atoms with Gasteiger partial charge in [0.1, 0.15) is 5.75 Å². The van der Waals surface area contributed by atoms with Crippen LogP contribution >= 0.6 is 0 Å². The van der Waals surface area contributed by atoms with Crippen LogP contribution in [0.25, 0.3) is 0 Å². The molecule has 0 aromatic heterocycles. The zero-order chi connectivity index (χ0) is 13.4. The number of amides is 1. The van der Waals surface area contributed by atoms with Crippen LogP contribution in [0.3, 0.4) is 0 Å². The molecule has 0 radical (unpaired) electrons. The van der Waals surface area contributed by atoms with Crippen LogP contribution in [0.2, 0.25) is 0 Å². The van der Waals surface area contributed by atoms with E-state index < -0.39 is 12.2 Å². The molecule has 2 heterocycles. The van der Waals surface area contributed by atoms with Crippen molar-refractivity contribution in [1.29, 1.82) is 0 Å². The number of benzene rings is 1. The fourth-order valence-corrected chi connectivity index (χ4v) is 2.77. The molecule has 1 N–H and O–H groups in total. The van der Waals surface area contributed by atoms with E-state index >= 15 is 0 Å². The van der Waals surface area contributed by atoms with Gasteiger partial charge < -0.3 is 14.7 Å². The van der Waals surface area contributed by atoms with E-state index in [-0.39, 0.29) is 11.8 Å². The van der Waals surface area contributed by atoms with Crippen LogP contribution in [0.1, 0.15) is 18.9 Å². The average molecular weight is 261 g/mol. The van der Waals surface area contributed by atoms with Gasteiger partial charge in [-0.25, -0.2) is 0 Å². The molecule has 102 valence electrons. The maximum atomic E-state index is 12.4. The number of likely N-dealkylation sites (tertiary alicyclic amines) is 1. The Bertz CT molecular complexity index is 463. The Hall–Kier alpha value is -1.55. The Morgan fingerprint density at radius 3 is 2.95 bits per heavy atom. The molecule has 4 heteroatoms. The number of hydrogen-bond donors (Lipinski definition) is 1. The maximum Gasteiger partial charge on any atom is 0.264 e. The monoisotopic (exact) mass is 261 g/mol. The zero-order valence-electron chi connectivity index (χ0n) is 11.1. The van der Waals surface area contributed by atoms with Crippen molar-refractivity contribution >= 4 is 5.91 Å². The van der Waals surface area contributed by atoms with Crippen molar-refractivity contribution in [1.82, 2.24) is 4.90 Å². The fraction of sp³-hybridized carbons (Fsp3) is 0.533. The normalized spacial score (nSPS) is 29.8. The molecular weight excluding hydrogens is 242 g/mol. The molecule has 4 nitrogen and oxygen atoms in total. The van der Waals surface area contributed by atoms with Crippen LogP contribution in [-0.4, -0.2) is 41.2 Å². The van der Waals surface area contributed by atoms with Crippen molar-refractivity contribution in [3.63, 3.8) is 0 Å². The molecule has 1 aromatic carbocycles. The first-order valence-electron chi connectivity index (χ1n) is 6.86. The first-order chi connectivity index (χ1) is 9.15. The average Bonchev–Trinajstić information content (AvgIpc) is 2.85. The molecule has 3 atom stereocenters. The van der Waals surface area contributed by atoms with E-state index in [0.717, 1.165) is 17.7 Å². The van der Waals surface area contributed by atoms with E-state index in [1.807, 2.05) is 31.2 Å². The summed E-state index contributed by atoms with van der Waals surface area (Å²) in [6, 6.07) is 7.77. The van der Waals surface area contributed by atoms with Gasteiger partial charge in [0, 0.05) is 19.5 Å². The lowest BCUT2D eigenvalue weighted by Crippen LogP contribution is -2.50. The highest BCUT2D eigenvalue weighted by Gasteiger charge is 2.35. The van der Waals surface area contributed by atoms with E-state index in [2.05, 4.69) is 0 Å². The van der Waals surface area contributed by atoms with Crippen molar-refractivity contribution in [2.75, 3.05) is 13.1 Å². The lowest BCUT2D eigenvalue weighted by Gasteiger charge is -2.35. The first kappa shape index (κ1) is 12.5. The van der Waals surface area contributed by atoms with E-state index in [1.54, 1.807) is 4.90 Å². The van der Waals surface area contributed by atoms with Gasteiger partial charge in [0.15, 0.2) is 6.10 Å². The number of piperidine rings is 1. The molecule has 1 fully saturated rings. The molecule has 1 saturated heterocycles. The third kappa shape index (κ3) is 2.32. The van der Waals surface area contributed by atoms with Gasteiger partial charge in [-0.05, 0) is 24.0 Å². The molecule has 2 aliphatic rings. The standard InChI is InChI=1S/C15H19NO3/c1-10-6-7-16(9-12(10)17)15(18)14-8-11-4-2-3-5-13(11)19-14/h2-5,10,12,14,17H,6-9H2,1H3. The number of rotatable bonds is 1. The molecule has 1 aromatic rings. The Kier molecular flexibility index (Phi) is 3.19. The van der Waals surface area contributed by atoms with Crippen molar-refractivity contribution in [3.05, 3.63) is 29.8 Å². The Morgan fingerprint density at radius 1 is 1.42 bits per heavy atom. The summed E-state index contributed by atoms with van der Waals surface area (Å²) in [6.45, 7) is 3.16. The van der Waals surface area contributed by atoms with Crippen molar-refractivity contribution in [2.24, 2.45) is 5.92 Å². The molecule has 0 spiro atoms. The number of carbonyl (C=O) groups excluding carboxylic acids is 1. The highest BCUT2D eigenvalue weighted by Crippen LogP contribution is 2.29. The molecule has 0 bridgehead atoms.